The molecule has 4 atom stereocenters. The molecule has 0 aliphatic carbocycles. The molecule has 192 valence electrons. The van der Waals surface area contributed by atoms with Gasteiger partial charge < -0.3 is 21.0 Å². The second kappa shape index (κ2) is 9.03. The molecule has 0 radical (unpaired) electrons. The Morgan fingerprint density at radius 2 is 2.03 bits per heavy atom. The predicted octanol–water partition coefficient (Wildman–Crippen LogP) is 5.39. The van der Waals surface area contributed by atoms with Crippen molar-refractivity contribution in [2.75, 3.05) is 5.32 Å². The van der Waals surface area contributed by atoms with Gasteiger partial charge in [-0.1, -0.05) is 17.3 Å². The number of amides is 1. The van der Waals surface area contributed by atoms with Gasteiger partial charge in [0.2, 0.25) is 0 Å². The molecule has 2 saturated heterocycles. The van der Waals surface area contributed by atoms with Gasteiger partial charge in [-0.2, -0.15) is 13.2 Å². The van der Waals surface area contributed by atoms with Gasteiger partial charge in [-0.25, -0.2) is 9.18 Å². The number of thiophene rings is 1. The van der Waals surface area contributed by atoms with Crippen molar-refractivity contribution >= 4 is 39.0 Å². The smallest absolute Gasteiger partial charge is 0.410 e. The van der Waals surface area contributed by atoms with E-state index >= 15 is 4.39 Å². The van der Waals surface area contributed by atoms with Gasteiger partial charge in [0.15, 0.2) is 5.84 Å². The maximum absolute atomic E-state index is 15.6. The number of oxime groups is 1. The lowest BCUT2D eigenvalue weighted by Crippen LogP contribution is -2.57. The number of hydrogen-bond donors (Lipinski definition) is 3. The molecule has 0 unspecified atom stereocenters. The molecule has 1 aromatic carbocycles. The molecule has 3 heterocycles. The molecule has 7 nitrogen and oxygen atoms in total. The fourth-order valence-corrected chi connectivity index (χ4v) is 6.19. The molecule has 1 amide bonds. The van der Waals surface area contributed by atoms with Gasteiger partial charge in [-0.3, -0.25) is 4.90 Å². The number of benzene rings is 1. The molecule has 0 spiro atoms. The summed E-state index contributed by atoms with van der Waals surface area (Å²) in [6.07, 6.45) is -6.18. The molecule has 4 N–H and O–H groups in total. The first-order valence-electron chi connectivity index (χ1n) is 11.3. The molecule has 1 aromatic heterocycles. The minimum Gasteiger partial charge on any atom is -0.444 e. The van der Waals surface area contributed by atoms with Crippen molar-refractivity contribution in [3.63, 3.8) is 0 Å². The van der Waals surface area contributed by atoms with Crippen LogP contribution in [0.1, 0.15) is 50.5 Å². The number of amidine groups is 1. The molecule has 2 aliphatic heterocycles. The first kappa shape index (κ1) is 25.3. The van der Waals surface area contributed by atoms with Crippen molar-refractivity contribution in [1.29, 1.82) is 0 Å². The largest absolute Gasteiger partial charge is 0.444 e. The van der Waals surface area contributed by atoms with Gasteiger partial charge in [-0.05, 0) is 57.0 Å². The summed E-state index contributed by atoms with van der Waals surface area (Å²) in [6.45, 7) is 5.27. The lowest BCUT2D eigenvalue weighted by atomic mass is 9.95. The Morgan fingerprint density at radius 1 is 1.31 bits per heavy atom. The summed E-state index contributed by atoms with van der Waals surface area (Å²) in [7, 11) is 0. The van der Waals surface area contributed by atoms with E-state index in [2.05, 4.69) is 10.5 Å². The summed E-state index contributed by atoms with van der Waals surface area (Å²) in [5.41, 5.74) is 5.36. The molecular weight excluding hydrogens is 488 g/mol. The highest BCUT2D eigenvalue weighted by atomic mass is 32.1. The zero-order valence-corrected chi connectivity index (χ0v) is 20.3. The third kappa shape index (κ3) is 5.12. The van der Waals surface area contributed by atoms with Crippen LogP contribution in [-0.4, -0.2) is 58.1 Å². The number of alkyl halides is 4. The van der Waals surface area contributed by atoms with Crippen molar-refractivity contribution in [2.45, 2.75) is 82.5 Å². The molecule has 12 heteroatoms. The number of carbonyl (C=O) groups excluding carboxylic acids is 1. The summed E-state index contributed by atoms with van der Waals surface area (Å²) in [5.74, 6) is -0.413. The van der Waals surface area contributed by atoms with Gasteiger partial charge in [0.1, 0.15) is 11.8 Å². The van der Waals surface area contributed by atoms with Gasteiger partial charge in [0.05, 0.1) is 33.8 Å². The van der Waals surface area contributed by atoms with Crippen molar-refractivity contribution in [3.05, 3.63) is 28.6 Å². The Balaban J connectivity index is 1.63. The topological polar surface area (TPSA) is 100 Å². The Hall–Kier alpha value is -2.76. The van der Waals surface area contributed by atoms with Crippen LogP contribution in [0.2, 0.25) is 0 Å². The minimum absolute atomic E-state index is 0.0192. The van der Waals surface area contributed by atoms with Crippen LogP contribution in [0, 0.1) is 0 Å². The van der Waals surface area contributed by atoms with Crippen molar-refractivity contribution in [2.24, 2.45) is 10.9 Å². The fraction of sp³-hybridized carbons (Fsp3) is 0.565. The number of fused-ring (bicyclic) bond motifs is 3. The summed E-state index contributed by atoms with van der Waals surface area (Å²) < 4.78 is 61.4. The number of ether oxygens (including phenoxy) is 1. The maximum atomic E-state index is 15.6. The molecular formula is C23H28F4N4O3S. The van der Waals surface area contributed by atoms with Crippen LogP contribution < -0.4 is 11.1 Å². The van der Waals surface area contributed by atoms with E-state index in [4.69, 9.17) is 15.7 Å². The zero-order chi connectivity index (χ0) is 25.7. The summed E-state index contributed by atoms with van der Waals surface area (Å²) in [4.78, 5) is 14.2. The van der Waals surface area contributed by atoms with Crippen molar-refractivity contribution < 1.29 is 32.3 Å². The molecule has 35 heavy (non-hydrogen) atoms. The van der Waals surface area contributed by atoms with Crippen LogP contribution in [0.4, 0.5) is 28.0 Å². The Morgan fingerprint density at radius 3 is 2.66 bits per heavy atom. The normalized spacial score (nSPS) is 25.2. The Kier molecular flexibility index (Phi) is 6.54. The molecule has 2 bridgehead atoms. The third-order valence-electron chi connectivity index (χ3n) is 6.31. The predicted molar refractivity (Wildman–Crippen MR) is 126 cm³/mol. The fourth-order valence-electron chi connectivity index (χ4n) is 5.00. The van der Waals surface area contributed by atoms with E-state index in [1.54, 1.807) is 32.9 Å². The lowest BCUT2D eigenvalue weighted by Gasteiger charge is -2.42. The van der Waals surface area contributed by atoms with Crippen LogP contribution in [0.25, 0.3) is 10.1 Å². The van der Waals surface area contributed by atoms with E-state index in [1.807, 2.05) is 0 Å². The van der Waals surface area contributed by atoms with Gasteiger partial charge in [0.25, 0.3) is 0 Å². The highest BCUT2D eigenvalue weighted by Crippen LogP contribution is 2.43. The number of nitrogens with two attached hydrogens (primary N) is 1. The van der Waals surface area contributed by atoms with Crippen LogP contribution in [0.5, 0.6) is 0 Å². The van der Waals surface area contributed by atoms with Crippen LogP contribution in [0.3, 0.4) is 0 Å². The van der Waals surface area contributed by atoms with Gasteiger partial charge >= 0.3 is 12.3 Å². The first-order valence-corrected chi connectivity index (χ1v) is 12.1. The van der Waals surface area contributed by atoms with Crippen molar-refractivity contribution in [3.8, 4) is 0 Å². The number of nitrogens with zero attached hydrogens (tertiary/aromatic N) is 2. The highest BCUT2D eigenvalue weighted by Gasteiger charge is 2.51. The second-order valence-electron chi connectivity index (χ2n) is 9.99. The number of hydrogen-bond acceptors (Lipinski definition) is 6. The van der Waals surface area contributed by atoms with Gasteiger partial charge in [-0.15, -0.1) is 11.3 Å². The van der Waals surface area contributed by atoms with Crippen LogP contribution >= 0.6 is 11.3 Å². The third-order valence-corrected chi connectivity index (χ3v) is 7.61. The van der Waals surface area contributed by atoms with E-state index in [9.17, 15) is 18.0 Å². The summed E-state index contributed by atoms with van der Waals surface area (Å²) in [5, 5.41) is 15.5. The van der Waals surface area contributed by atoms with E-state index in [0.717, 1.165) is 11.3 Å². The number of piperidine rings is 1. The summed E-state index contributed by atoms with van der Waals surface area (Å²) in [6, 6.07) is 3.31. The number of rotatable bonds is 4. The summed E-state index contributed by atoms with van der Waals surface area (Å²) >= 11 is 0.957. The average molecular weight is 517 g/mol. The molecule has 2 aliphatic rings. The first-order chi connectivity index (χ1) is 16.3. The number of halogens is 4. The standard InChI is InChI=1S/C23H28F4N4O3S/c1-22(2,3)34-21(32)31-11-7-8-16(31)17(24)15(9-11)29-14-6-4-5-12-13(10-23(25,26)27)19(20(28)30-33)35-18(12)14/h4-6,11,15-17,29,33H,7-10H2,1-3H3,(H2,28,30)/t11-,15-,16+,17-/m1/s1. The monoisotopic (exact) mass is 516 g/mol. The molecule has 2 fully saturated rings. The van der Waals surface area contributed by atoms with E-state index < -0.39 is 48.4 Å². The Labute approximate surface area is 203 Å². The zero-order valence-electron chi connectivity index (χ0n) is 19.5. The highest BCUT2D eigenvalue weighted by molar-refractivity contribution is 7.21. The SMILES string of the molecule is CC(C)(C)OC(=O)N1[C@@H]2CC[C@H]1[C@H](F)[C@H](Nc1cccc3c(CC(F)(F)F)c(/C(N)=N/O)sc13)C2. The van der Waals surface area contributed by atoms with Crippen LogP contribution in [-0.2, 0) is 11.2 Å². The number of carbonyl (C=O) groups is 1. The quantitative estimate of drug-likeness (QED) is 0.166. The molecule has 2 aromatic rings. The minimum atomic E-state index is -4.50. The molecule has 0 saturated carbocycles. The number of nitrogens with one attached hydrogen (secondary N) is 1. The van der Waals surface area contributed by atoms with Crippen molar-refractivity contribution in [1.82, 2.24) is 4.90 Å². The van der Waals surface area contributed by atoms with E-state index in [0.29, 0.717) is 35.0 Å². The average Bonchev–Trinajstić information content (AvgIpc) is 3.28. The van der Waals surface area contributed by atoms with E-state index in [1.165, 1.54) is 11.0 Å². The van der Waals surface area contributed by atoms with Crippen LogP contribution in [0.15, 0.2) is 23.4 Å². The second-order valence-corrected chi connectivity index (χ2v) is 11.0. The van der Waals surface area contributed by atoms with Gasteiger partial charge in [0, 0.05) is 6.04 Å². The molecule has 4 rings (SSSR count). The van der Waals surface area contributed by atoms with E-state index in [-0.39, 0.29) is 16.5 Å². The maximum Gasteiger partial charge on any atom is 0.410 e. The lowest BCUT2D eigenvalue weighted by molar-refractivity contribution is -0.126. The number of anilines is 1. The Bertz CT molecular complexity index is 1140.